The third kappa shape index (κ3) is 6.00. The lowest BCUT2D eigenvalue weighted by Crippen LogP contribution is -2.46. The minimum absolute atomic E-state index is 0.0205. The summed E-state index contributed by atoms with van der Waals surface area (Å²) in [5.41, 5.74) is 0.777. The Kier molecular flexibility index (Phi) is 5.93. The van der Waals surface area contributed by atoms with E-state index in [4.69, 9.17) is 0 Å². The van der Waals surface area contributed by atoms with Crippen LogP contribution in [0.5, 0.6) is 0 Å². The van der Waals surface area contributed by atoms with E-state index in [1.54, 1.807) is 6.92 Å². The Morgan fingerprint density at radius 2 is 1.80 bits per heavy atom. The van der Waals surface area contributed by atoms with Crippen molar-refractivity contribution in [3.63, 3.8) is 0 Å². The molecular formula is C17H25NO2. The van der Waals surface area contributed by atoms with Gasteiger partial charge in [-0.3, -0.25) is 9.59 Å². The number of hydrogen-bond donors (Lipinski definition) is 1. The van der Waals surface area contributed by atoms with Gasteiger partial charge in [0.2, 0.25) is 5.91 Å². The maximum Gasteiger partial charge on any atom is 0.223 e. The van der Waals surface area contributed by atoms with Gasteiger partial charge in [-0.15, -0.1) is 0 Å². The fourth-order valence-corrected chi connectivity index (χ4v) is 2.28. The van der Waals surface area contributed by atoms with Gasteiger partial charge < -0.3 is 5.32 Å². The summed E-state index contributed by atoms with van der Waals surface area (Å²) in [5, 5.41) is 2.96. The standard InChI is InChI=1S/C17H25NO2/c1-13(10-11-15-8-6-5-7-9-15)16(20)18-17(3,4)12-14(2)19/h5-9,13H,10-12H2,1-4H3,(H,18,20). The fourth-order valence-electron chi connectivity index (χ4n) is 2.28. The molecule has 0 heterocycles. The monoisotopic (exact) mass is 275 g/mol. The maximum absolute atomic E-state index is 12.1. The first-order chi connectivity index (χ1) is 9.30. The predicted molar refractivity (Wildman–Crippen MR) is 81.4 cm³/mol. The molecule has 0 bridgehead atoms. The number of rotatable bonds is 7. The van der Waals surface area contributed by atoms with Crippen LogP contribution < -0.4 is 5.32 Å². The molecule has 1 aromatic rings. The van der Waals surface area contributed by atoms with Crippen molar-refractivity contribution < 1.29 is 9.59 Å². The van der Waals surface area contributed by atoms with Crippen LogP contribution in [0, 0.1) is 5.92 Å². The van der Waals surface area contributed by atoms with E-state index in [1.165, 1.54) is 5.56 Å². The smallest absolute Gasteiger partial charge is 0.223 e. The van der Waals surface area contributed by atoms with Gasteiger partial charge in [0.1, 0.15) is 5.78 Å². The van der Waals surface area contributed by atoms with Gasteiger partial charge in [0.15, 0.2) is 0 Å². The van der Waals surface area contributed by atoms with Gasteiger partial charge in [-0.2, -0.15) is 0 Å². The molecule has 3 nitrogen and oxygen atoms in total. The molecule has 1 N–H and O–H groups in total. The average Bonchev–Trinajstić information content (AvgIpc) is 2.34. The van der Waals surface area contributed by atoms with Crippen LogP contribution in [0.4, 0.5) is 0 Å². The Bertz CT molecular complexity index is 451. The number of ketones is 1. The van der Waals surface area contributed by atoms with Crippen LogP contribution >= 0.6 is 0 Å². The second kappa shape index (κ2) is 7.22. The SMILES string of the molecule is CC(=O)CC(C)(C)NC(=O)C(C)CCc1ccccc1. The number of nitrogens with one attached hydrogen (secondary N) is 1. The molecule has 0 spiro atoms. The van der Waals surface area contributed by atoms with Crippen molar-refractivity contribution in [2.75, 3.05) is 0 Å². The molecule has 0 saturated heterocycles. The normalized spacial score (nSPS) is 12.8. The van der Waals surface area contributed by atoms with Crippen LogP contribution in [0.3, 0.4) is 0 Å². The molecule has 0 aliphatic heterocycles. The molecule has 0 aliphatic carbocycles. The summed E-state index contributed by atoms with van der Waals surface area (Å²) < 4.78 is 0. The van der Waals surface area contributed by atoms with Crippen molar-refractivity contribution in [1.82, 2.24) is 5.32 Å². The van der Waals surface area contributed by atoms with Crippen molar-refractivity contribution in [2.24, 2.45) is 5.92 Å². The third-order valence-electron chi connectivity index (χ3n) is 3.31. The molecule has 110 valence electrons. The molecule has 1 rings (SSSR count). The van der Waals surface area contributed by atoms with Crippen LogP contribution in [0.1, 0.15) is 46.1 Å². The van der Waals surface area contributed by atoms with Gasteiger partial charge in [0.25, 0.3) is 0 Å². The van der Waals surface area contributed by atoms with E-state index in [2.05, 4.69) is 17.4 Å². The molecule has 0 fully saturated rings. The molecule has 3 heteroatoms. The van der Waals surface area contributed by atoms with Gasteiger partial charge in [0, 0.05) is 17.9 Å². The Labute approximate surface area is 121 Å². The second-order valence-electron chi connectivity index (χ2n) is 6.18. The van der Waals surface area contributed by atoms with E-state index in [1.807, 2.05) is 39.0 Å². The Hall–Kier alpha value is -1.64. The summed E-state index contributed by atoms with van der Waals surface area (Å²) in [6, 6.07) is 10.2. The van der Waals surface area contributed by atoms with Crippen molar-refractivity contribution in [3.05, 3.63) is 35.9 Å². The number of hydrogen-bond acceptors (Lipinski definition) is 2. The van der Waals surface area contributed by atoms with E-state index in [-0.39, 0.29) is 17.6 Å². The number of aryl methyl sites for hydroxylation is 1. The van der Waals surface area contributed by atoms with E-state index < -0.39 is 5.54 Å². The molecule has 0 aromatic heterocycles. The lowest BCUT2D eigenvalue weighted by atomic mass is 9.95. The second-order valence-corrected chi connectivity index (χ2v) is 6.18. The highest BCUT2D eigenvalue weighted by atomic mass is 16.2. The van der Waals surface area contributed by atoms with Crippen molar-refractivity contribution >= 4 is 11.7 Å². The first-order valence-corrected chi connectivity index (χ1v) is 7.15. The highest BCUT2D eigenvalue weighted by Crippen LogP contribution is 2.14. The van der Waals surface area contributed by atoms with Crippen LogP contribution in [0.15, 0.2) is 30.3 Å². The van der Waals surface area contributed by atoms with E-state index in [0.717, 1.165) is 12.8 Å². The summed E-state index contributed by atoms with van der Waals surface area (Å²) in [4.78, 5) is 23.3. The molecule has 0 saturated carbocycles. The molecule has 1 aromatic carbocycles. The minimum atomic E-state index is -0.468. The largest absolute Gasteiger partial charge is 0.351 e. The van der Waals surface area contributed by atoms with E-state index in [9.17, 15) is 9.59 Å². The zero-order valence-electron chi connectivity index (χ0n) is 12.9. The lowest BCUT2D eigenvalue weighted by Gasteiger charge is -2.27. The van der Waals surface area contributed by atoms with Crippen molar-refractivity contribution in [1.29, 1.82) is 0 Å². The average molecular weight is 275 g/mol. The van der Waals surface area contributed by atoms with Crippen LogP contribution in [-0.2, 0) is 16.0 Å². The Morgan fingerprint density at radius 3 is 2.35 bits per heavy atom. The number of carbonyl (C=O) groups excluding carboxylic acids is 2. The highest BCUT2D eigenvalue weighted by molar-refractivity contribution is 5.81. The van der Waals surface area contributed by atoms with Gasteiger partial charge in [0.05, 0.1) is 0 Å². The van der Waals surface area contributed by atoms with Crippen molar-refractivity contribution in [2.45, 2.75) is 52.5 Å². The summed E-state index contributed by atoms with van der Waals surface area (Å²) in [6.45, 7) is 7.25. The topological polar surface area (TPSA) is 46.2 Å². The number of amides is 1. The Morgan fingerprint density at radius 1 is 1.20 bits per heavy atom. The molecule has 0 radical (unpaired) electrons. The summed E-state index contributed by atoms with van der Waals surface area (Å²) in [6.07, 6.45) is 2.07. The third-order valence-corrected chi connectivity index (χ3v) is 3.31. The van der Waals surface area contributed by atoms with Crippen molar-refractivity contribution in [3.8, 4) is 0 Å². The minimum Gasteiger partial charge on any atom is -0.351 e. The molecule has 1 amide bonds. The molecular weight excluding hydrogens is 250 g/mol. The van der Waals surface area contributed by atoms with Gasteiger partial charge in [-0.25, -0.2) is 0 Å². The number of benzene rings is 1. The van der Waals surface area contributed by atoms with Crippen LogP contribution in [0.25, 0.3) is 0 Å². The Balaban J connectivity index is 2.45. The van der Waals surface area contributed by atoms with Gasteiger partial charge >= 0.3 is 0 Å². The van der Waals surface area contributed by atoms with Gasteiger partial charge in [-0.1, -0.05) is 37.3 Å². The summed E-state index contributed by atoms with van der Waals surface area (Å²) in [5.74, 6) is 0.0564. The molecule has 1 unspecified atom stereocenters. The zero-order valence-corrected chi connectivity index (χ0v) is 12.9. The molecule has 20 heavy (non-hydrogen) atoms. The first-order valence-electron chi connectivity index (χ1n) is 7.15. The van der Waals surface area contributed by atoms with E-state index in [0.29, 0.717) is 6.42 Å². The molecule has 1 atom stereocenters. The van der Waals surface area contributed by atoms with Crippen LogP contribution in [0.2, 0.25) is 0 Å². The van der Waals surface area contributed by atoms with Gasteiger partial charge in [-0.05, 0) is 39.2 Å². The lowest BCUT2D eigenvalue weighted by molar-refractivity contribution is -0.127. The molecule has 0 aliphatic rings. The number of Topliss-reactive ketones (excluding diaryl/α,β-unsaturated/α-hetero) is 1. The summed E-state index contributed by atoms with van der Waals surface area (Å²) in [7, 11) is 0. The van der Waals surface area contributed by atoms with Crippen LogP contribution in [-0.4, -0.2) is 17.2 Å². The first kappa shape index (κ1) is 16.4. The summed E-state index contributed by atoms with van der Waals surface area (Å²) >= 11 is 0. The zero-order chi connectivity index (χ0) is 15.2. The van der Waals surface area contributed by atoms with E-state index >= 15 is 0 Å². The maximum atomic E-state index is 12.1. The quantitative estimate of drug-likeness (QED) is 0.831. The number of carbonyl (C=O) groups is 2. The highest BCUT2D eigenvalue weighted by Gasteiger charge is 2.24. The fraction of sp³-hybridized carbons (Fsp3) is 0.529. The predicted octanol–water partition coefficient (Wildman–Crippen LogP) is 3.13.